The minimum atomic E-state index is -5.20. The number of carbonyl (C=O) groups is 2. The van der Waals surface area contributed by atoms with Crippen molar-refractivity contribution in [3.05, 3.63) is 203 Å². The quantitative estimate of drug-likeness (QED) is 0.123. The fourth-order valence-electron chi connectivity index (χ4n) is 9.05. The van der Waals surface area contributed by atoms with Gasteiger partial charge in [-0.05, 0) is 106 Å². The lowest BCUT2D eigenvalue weighted by atomic mass is 9.92. The Kier molecular flexibility index (Phi) is 10.6. The van der Waals surface area contributed by atoms with Crippen LogP contribution in [0.25, 0.3) is 72.0 Å². The van der Waals surface area contributed by atoms with Crippen molar-refractivity contribution in [3.8, 4) is 50.2 Å². The van der Waals surface area contributed by atoms with Crippen molar-refractivity contribution in [2.75, 3.05) is 4.90 Å². The van der Waals surface area contributed by atoms with Gasteiger partial charge >= 0.3 is 24.7 Å². The number of alkyl halides is 12. The van der Waals surface area contributed by atoms with Crippen molar-refractivity contribution >= 4 is 39.3 Å². The molecule has 1 aliphatic heterocycles. The minimum absolute atomic E-state index is 0.0288. The molecule has 0 saturated heterocycles. The van der Waals surface area contributed by atoms with Crippen LogP contribution in [0.2, 0.25) is 0 Å². The highest BCUT2D eigenvalue weighted by molar-refractivity contribution is 6.37. The van der Waals surface area contributed by atoms with Crippen molar-refractivity contribution in [3.63, 3.8) is 0 Å². The van der Waals surface area contributed by atoms with Gasteiger partial charge in [-0.25, -0.2) is 4.90 Å². The number of anilines is 1. The first-order valence-electron chi connectivity index (χ1n) is 21.0. The highest BCUT2D eigenvalue weighted by Gasteiger charge is 2.42. The molecule has 0 radical (unpaired) electrons. The van der Waals surface area contributed by atoms with E-state index in [0.717, 1.165) is 10.5 Å². The van der Waals surface area contributed by atoms with E-state index in [1.54, 1.807) is 42.5 Å². The van der Waals surface area contributed by atoms with Crippen molar-refractivity contribution in [1.82, 2.24) is 4.57 Å². The fourth-order valence-corrected chi connectivity index (χ4v) is 9.05. The molecule has 0 saturated carbocycles. The van der Waals surface area contributed by atoms with Crippen LogP contribution in [0.1, 0.15) is 43.0 Å². The Labute approximate surface area is 388 Å². The zero-order valence-electron chi connectivity index (χ0n) is 35.4. The smallest absolute Gasteiger partial charge is 0.308 e. The Morgan fingerprint density at radius 1 is 0.314 bits per heavy atom. The van der Waals surface area contributed by atoms with Crippen LogP contribution in [0.15, 0.2) is 170 Å². The number of amides is 2. The van der Waals surface area contributed by atoms with Gasteiger partial charge in [0.05, 0.1) is 55.8 Å². The number of halogens is 12. The summed E-state index contributed by atoms with van der Waals surface area (Å²) in [6, 6.07) is 37.3. The highest BCUT2D eigenvalue weighted by atomic mass is 19.4. The maximum absolute atomic E-state index is 15.2. The number of hydrogen-bond donors (Lipinski definition) is 0. The van der Waals surface area contributed by atoms with Crippen molar-refractivity contribution < 1.29 is 62.3 Å². The molecule has 350 valence electrons. The molecule has 0 bridgehead atoms. The summed E-state index contributed by atoms with van der Waals surface area (Å²) < 4.78 is 171. The van der Waals surface area contributed by atoms with E-state index in [2.05, 4.69) is 0 Å². The lowest BCUT2D eigenvalue weighted by molar-refractivity contribution is -0.144. The van der Waals surface area contributed by atoms with Crippen LogP contribution in [0, 0.1) is 0 Å². The number of aromatic nitrogens is 1. The molecular formula is C54H28F12N2O2. The Bertz CT molecular complexity index is 3390. The minimum Gasteiger partial charge on any atom is -0.308 e. The van der Waals surface area contributed by atoms with Crippen molar-refractivity contribution in [1.29, 1.82) is 0 Å². The van der Waals surface area contributed by atoms with Gasteiger partial charge in [-0.1, -0.05) is 103 Å². The predicted octanol–water partition coefficient (Wildman–Crippen LogP) is 16.3. The number of benzene rings is 8. The number of rotatable bonds is 6. The summed E-state index contributed by atoms with van der Waals surface area (Å²) in [7, 11) is 0. The molecule has 1 aromatic heterocycles. The lowest BCUT2D eigenvalue weighted by Gasteiger charge is -2.22. The normalized spacial score (nSPS) is 13.5. The number of carbonyl (C=O) groups excluding carboxylic acids is 2. The molecule has 9 aromatic rings. The molecule has 70 heavy (non-hydrogen) atoms. The van der Waals surface area contributed by atoms with Gasteiger partial charge in [0.1, 0.15) is 0 Å². The van der Waals surface area contributed by atoms with E-state index in [4.69, 9.17) is 0 Å². The molecule has 1 aliphatic rings. The summed E-state index contributed by atoms with van der Waals surface area (Å²) in [6.07, 6.45) is -20.8. The maximum atomic E-state index is 15.2. The van der Waals surface area contributed by atoms with Crippen LogP contribution < -0.4 is 4.90 Å². The second-order valence-electron chi connectivity index (χ2n) is 16.5. The summed E-state index contributed by atoms with van der Waals surface area (Å²) in [5, 5.41) is 0.531. The maximum Gasteiger partial charge on any atom is 0.416 e. The van der Waals surface area contributed by atoms with Gasteiger partial charge in [-0.15, -0.1) is 0 Å². The van der Waals surface area contributed by atoms with Crippen LogP contribution in [-0.2, 0) is 24.7 Å². The third-order valence-corrected chi connectivity index (χ3v) is 12.2. The Morgan fingerprint density at radius 3 is 1.17 bits per heavy atom. The third kappa shape index (κ3) is 7.92. The van der Waals surface area contributed by atoms with Crippen LogP contribution in [-0.4, -0.2) is 16.4 Å². The van der Waals surface area contributed by atoms with Gasteiger partial charge in [-0.2, -0.15) is 52.7 Å². The van der Waals surface area contributed by atoms with E-state index in [1.807, 2.05) is 36.4 Å². The average Bonchev–Trinajstić information content (AvgIpc) is 3.79. The third-order valence-electron chi connectivity index (χ3n) is 12.2. The number of fused-ring (bicyclic) bond motifs is 4. The number of hydrogen-bond acceptors (Lipinski definition) is 2. The van der Waals surface area contributed by atoms with Gasteiger partial charge in [-0.3, -0.25) is 9.59 Å². The van der Waals surface area contributed by atoms with Crippen molar-refractivity contribution in [2.45, 2.75) is 24.7 Å². The van der Waals surface area contributed by atoms with E-state index in [9.17, 15) is 57.5 Å². The number of nitrogens with zero attached hydrogens (tertiary/aromatic N) is 2. The fraction of sp³-hybridized carbons (Fsp3) is 0.0741. The largest absolute Gasteiger partial charge is 0.416 e. The molecule has 16 heteroatoms. The first-order valence-corrected chi connectivity index (χ1v) is 21.0. The van der Waals surface area contributed by atoms with Gasteiger partial charge < -0.3 is 4.57 Å². The Hall–Kier alpha value is -8.14. The summed E-state index contributed by atoms with van der Waals surface area (Å²) in [5.41, 5.74) is -5.27. The Morgan fingerprint density at radius 2 is 0.729 bits per heavy atom. The summed E-state index contributed by atoms with van der Waals surface area (Å²) >= 11 is 0. The van der Waals surface area contributed by atoms with E-state index in [-0.39, 0.29) is 67.6 Å². The van der Waals surface area contributed by atoms with Crippen LogP contribution in [0.3, 0.4) is 0 Å². The monoisotopic (exact) mass is 964 g/mol. The molecule has 0 spiro atoms. The molecule has 0 atom stereocenters. The molecule has 8 aromatic carbocycles. The second kappa shape index (κ2) is 16.2. The zero-order chi connectivity index (χ0) is 49.7. The topological polar surface area (TPSA) is 42.3 Å². The lowest BCUT2D eigenvalue weighted by Crippen LogP contribution is -2.30. The van der Waals surface area contributed by atoms with Gasteiger partial charge in [0.25, 0.3) is 11.8 Å². The standard InChI is InChI=1S/C54H28F12N2O2/c55-51(56,57)35-21-33(22-36(27-35)52(58,59)60)31-17-19-40-41-20-18-32(34-23-37(53(61,62)63)28-38(24-34)54(64,65)66)26-46(41)67(45(40)25-31)44-16-8-14-42-48(44)50(70)68(49(42)69)43-15-7-13-39(29-9-3-1-4-10-29)47(43)30-11-5-2-6-12-30/h1-28H. The molecule has 0 aliphatic carbocycles. The first kappa shape index (κ1) is 45.6. The zero-order valence-corrected chi connectivity index (χ0v) is 35.4. The SMILES string of the molecule is O=C1c2cccc(-n3c4cc(-c5cc(C(F)(F)F)cc(C(F)(F)F)c5)ccc4c4ccc(-c5cc(C(F)(F)F)cc(C(F)(F)F)c5)cc43)c2C(=O)N1c1cccc(-c2ccccc2)c1-c1ccccc1. The van der Waals surface area contributed by atoms with E-state index < -0.39 is 69.9 Å². The molecule has 2 amide bonds. The molecule has 0 N–H and O–H groups in total. The molecule has 4 nitrogen and oxygen atoms in total. The molecule has 0 unspecified atom stereocenters. The van der Waals surface area contributed by atoms with Crippen molar-refractivity contribution in [2.24, 2.45) is 0 Å². The van der Waals surface area contributed by atoms with E-state index >= 15 is 4.79 Å². The summed E-state index contributed by atoms with van der Waals surface area (Å²) in [4.78, 5) is 30.9. The van der Waals surface area contributed by atoms with Gasteiger partial charge in [0.15, 0.2) is 0 Å². The van der Waals surface area contributed by atoms with Crippen LogP contribution in [0.5, 0.6) is 0 Å². The second-order valence-corrected chi connectivity index (χ2v) is 16.5. The number of imide groups is 1. The summed E-state index contributed by atoms with van der Waals surface area (Å²) in [6.45, 7) is 0. The molecule has 10 rings (SSSR count). The molecule has 2 heterocycles. The van der Waals surface area contributed by atoms with Crippen LogP contribution >= 0.6 is 0 Å². The average molecular weight is 965 g/mol. The van der Waals surface area contributed by atoms with Gasteiger partial charge in [0.2, 0.25) is 0 Å². The highest BCUT2D eigenvalue weighted by Crippen LogP contribution is 2.47. The van der Waals surface area contributed by atoms with Gasteiger partial charge in [0, 0.05) is 16.3 Å². The molecule has 0 fully saturated rings. The van der Waals surface area contributed by atoms with E-state index in [1.165, 1.54) is 59.2 Å². The summed E-state index contributed by atoms with van der Waals surface area (Å²) in [5.74, 6) is -1.61. The Balaban J connectivity index is 1.24. The van der Waals surface area contributed by atoms with Crippen LogP contribution in [0.4, 0.5) is 58.4 Å². The predicted molar refractivity (Wildman–Crippen MR) is 240 cm³/mol. The molecular weight excluding hydrogens is 937 g/mol. The first-order chi connectivity index (χ1) is 33.1. The van der Waals surface area contributed by atoms with E-state index in [0.29, 0.717) is 41.0 Å².